The van der Waals surface area contributed by atoms with Gasteiger partial charge in [0.05, 0.1) is 12.8 Å². The van der Waals surface area contributed by atoms with E-state index in [1.807, 2.05) is 56.3 Å². The minimum Gasteiger partial charge on any atom is -0.343 e. The fourth-order valence-electron chi connectivity index (χ4n) is 2.14. The summed E-state index contributed by atoms with van der Waals surface area (Å²) in [6.45, 7) is 3.66. The molecule has 0 aromatic heterocycles. The topological polar surface area (TPSA) is 70.6 Å². The third kappa shape index (κ3) is 6.43. The Kier molecular flexibility index (Phi) is 6.65. The Bertz CT molecular complexity index is 796. The van der Waals surface area contributed by atoms with Crippen molar-refractivity contribution in [3.05, 3.63) is 76.9 Å². The van der Waals surface area contributed by atoms with E-state index in [4.69, 9.17) is 0 Å². The van der Waals surface area contributed by atoms with Crippen molar-refractivity contribution in [1.29, 1.82) is 0 Å². The van der Waals surface area contributed by atoms with E-state index in [9.17, 15) is 9.59 Å². The smallest absolute Gasteiger partial charge is 0.259 e. The molecule has 0 fully saturated rings. The number of nitrogens with zero attached hydrogens (tertiary/aromatic N) is 1. The number of carbonyl (C=O) groups excluding carboxylic acids is 2. The Morgan fingerprint density at radius 2 is 1.84 bits per heavy atom. The van der Waals surface area contributed by atoms with E-state index >= 15 is 0 Å². The predicted octanol–water partition coefficient (Wildman–Crippen LogP) is 2.93. The molecule has 5 nitrogen and oxygen atoms in total. The summed E-state index contributed by atoms with van der Waals surface area (Å²) in [5.74, 6) is -0.673. The second-order valence-electron chi connectivity index (χ2n) is 5.64. The van der Waals surface area contributed by atoms with Crippen molar-refractivity contribution in [2.75, 3.05) is 6.54 Å². The van der Waals surface area contributed by atoms with Gasteiger partial charge in [0, 0.05) is 5.56 Å². The van der Waals surface area contributed by atoms with Gasteiger partial charge in [0.15, 0.2) is 0 Å². The maximum atomic E-state index is 11.9. The van der Waals surface area contributed by atoms with E-state index in [2.05, 4.69) is 15.8 Å². The highest BCUT2D eigenvalue weighted by Gasteiger charge is 2.07. The van der Waals surface area contributed by atoms with Gasteiger partial charge in [-0.05, 0) is 37.1 Å². The van der Waals surface area contributed by atoms with Crippen LogP contribution in [-0.4, -0.2) is 24.6 Å². The van der Waals surface area contributed by atoms with Crippen LogP contribution in [0, 0.1) is 6.92 Å². The number of amides is 2. The molecule has 0 unspecified atom stereocenters. The molecule has 0 bridgehead atoms. The van der Waals surface area contributed by atoms with Gasteiger partial charge in [0.25, 0.3) is 11.8 Å². The van der Waals surface area contributed by atoms with E-state index in [1.165, 1.54) is 0 Å². The van der Waals surface area contributed by atoms with Crippen LogP contribution in [0.4, 0.5) is 0 Å². The maximum absolute atomic E-state index is 11.9. The molecule has 0 aliphatic heterocycles. The molecule has 0 heterocycles. The highest BCUT2D eigenvalue weighted by Crippen LogP contribution is 2.04. The maximum Gasteiger partial charge on any atom is 0.259 e. The monoisotopic (exact) mass is 335 g/mol. The Hall–Kier alpha value is -3.21. The van der Waals surface area contributed by atoms with Crippen LogP contribution >= 0.6 is 0 Å². The van der Waals surface area contributed by atoms with Crippen molar-refractivity contribution in [2.24, 2.45) is 5.10 Å². The Balaban J connectivity index is 1.78. The normalized spacial score (nSPS) is 11.4. The van der Waals surface area contributed by atoms with E-state index in [0.717, 1.165) is 16.7 Å². The highest BCUT2D eigenvalue weighted by molar-refractivity contribution is 5.96. The molecule has 0 radical (unpaired) electrons. The van der Waals surface area contributed by atoms with E-state index in [0.29, 0.717) is 5.56 Å². The highest BCUT2D eigenvalue weighted by atomic mass is 16.2. The first-order valence-electron chi connectivity index (χ1n) is 7.95. The van der Waals surface area contributed by atoms with Crippen LogP contribution < -0.4 is 10.7 Å². The second-order valence-corrected chi connectivity index (χ2v) is 5.64. The summed E-state index contributed by atoms with van der Waals surface area (Å²) in [5, 5.41) is 6.45. The number of hydrogen-bond acceptors (Lipinski definition) is 3. The van der Waals surface area contributed by atoms with Crippen LogP contribution in [0.25, 0.3) is 6.08 Å². The molecule has 0 saturated heterocycles. The SMILES string of the molecule is CC(/C=N\NC(=O)CNC(=O)c1cccc(C)c1)=C/c1ccccc1. The molecule has 2 aromatic carbocycles. The number of hydrazone groups is 1. The summed E-state index contributed by atoms with van der Waals surface area (Å²) >= 11 is 0. The number of allylic oxidation sites excluding steroid dienone is 1. The van der Waals surface area contributed by atoms with Crippen molar-refractivity contribution in [3.8, 4) is 0 Å². The summed E-state index contributed by atoms with van der Waals surface area (Å²) in [5.41, 5.74) is 5.86. The minimum absolute atomic E-state index is 0.133. The van der Waals surface area contributed by atoms with Gasteiger partial charge in [-0.2, -0.15) is 5.10 Å². The third-order valence-corrected chi connectivity index (χ3v) is 3.34. The zero-order valence-electron chi connectivity index (χ0n) is 14.3. The predicted molar refractivity (Wildman–Crippen MR) is 100 cm³/mol. The standard InChI is InChI=1S/C20H21N3O2/c1-15-7-6-10-18(12-15)20(25)21-14-19(24)23-22-13-16(2)11-17-8-4-3-5-9-17/h3-13H,14H2,1-2H3,(H,21,25)(H,23,24)/b16-11-,22-13-. The third-order valence-electron chi connectivity index (χ3n) is 3.34. The molecule has 2 aromatic rings. The molecule has 0 atom stereocenters. The molecule has 128 valence electrons. The average Bonchev–Trinajstić information content (AvgIpc) is 2.60. The largest absolute Gasteiger partial charge is 0.343 e. The molecular weight excluding hydrogens is 314 g/mol. The lowest BCUT2D eigenvalue weighted by Crippen LogP contribution is -2.34. The Morgan fingerprint density at radius 3 is 2.56 bits per heavy atom. The van der Waals surface area contributed by atoms with Crippen LogP contribution in [0.1, 0.15) is 28.4 Å². The van der Waals surface area contributed by atoms with Crippen LogP contribution in [0.3, 0.4) is 0 Å². The van der Waals surface area contributed by atoms with E-state index in [1.54, 1.807) is 24.4 Å². The van der Waals surface area contributed by atoms with Crippen LogP contribution in [0.2, 0.25) is 0 Å². The fourth-order valence-corrected chi connectivity index (χ4v) is 2.14. The summed E-state index contributed by atoms with van der Waals surface area (Å²) in [6.07, 6.45) is 3.52. The Morgan fingerprint density at radius 1 is 1.08 bits per heavy atom. The van der Waals surface area contributed by atoms with Gasteiger partial charge in [-0.3, -0.25) is 9.59 Å². The van der Waals surface area contributed by atoms with Gasteiger partial charge in [0.1, 0.15) is 0 Å². The second kappa shape index (κ2) is 9.17. The molecule has 0 aliphatic rings. The molecule has 0 aliphatic carbocycles. The number of hydrogen-bond donors (Lipinski definition) is 2. The first-order chi connectivity index (χ1) is 12.0. The summed E-state index contributed by atoms with van der Waals surface area (Å²) < 4.78 is 0. The van der Waals surface area contributed by atoms with Crippen LogP contribution in [0.5, 0.6) is 0 Å². The van der Waals surface area contributed by atoms with Crippen molar-refractivity contribution < 1.29 is 9.59 Å². The molecule has 25 heavy (non-hydrogen) atoms. The lowest BCUT2D eigenvalue weighted by Gasteiger charge is -2.05. The van der Waals surface area contributed by atoms with Crippen molar-refractivity contribution in [2.45, 2.75) is 13.8 Å². The van der Waals surface area contributed by atoms with Crippen LogP contribution in [0.15, 0.2) is 65.3 Å². The lowest BCUT2D eigenvalue weighted by atomic mass is 10.1. The minimum atomic E-state index is -0.384. The van der Waals surface area contributed by atoms with Gasteiger partial charge in [0.2, 0.25) is 0 Å². The van der Waals surface area contributed by atoms with E-state index < -0.39 is 0 Å². The average molecular weight is 335 g/mol. The Labute approximate surface area is 147 Å². The number of rotatable bonds is 6. The zero-order chi connectivity index (χ0) is 18.1. The molecular formula is C20H21N3O2. The number of carbonyl (C=O) groups is 2. The molecule has 0 spiro atoms. The summed E-state index contributed by atoms with van der Waals surface area (Å²) in [6, 6.07) is 17.0. The van der Waals surface area contributed by atoms with Crippen molar-refractivity contribution in [1.82, 2.24) is 10.7 Å². The quantitative estimate of drug-likeness (QED) is 0.629. The molecule has 5 heteroatoms. The van der Waals surface area contributed by atoms with Gasteiger partial charge < -0.3 is 5.32 Å². The van der Waals surface area contributed by atoms with Gasteiger partial charge in [-0.25, -0.2) is 5.43 Å². The zero-order valence-corrected chi connectivity index (χ0v) is 14.3. The van der Waals surface area contributed by atoms with Crippen molar-refractivity contribution in [3.63, 3.8) is 0 Å². The summed E-state index contributed by atoms with van der Waals surface area (Å²) in [4.78, 5) is 23.7. The number of nitrogens with one attached hydrogen (secondary N) is 2. The fraction of sp³-hybridized carbons (Fsp3) is 0.150. The van der Waals surface area contributed by atoms with Crippen LogP contribution in [-0.2, 0) is 4.79 Å². The number of benzene rings is 2. The van der Waals surface area contributed by atoms with Crippen molar-refractivity contribution >= 4 is 24.1 Å². The van der Waals surface area contributed by atoms with Gasteiger partial charge >= 0.3 is 0 Å². The molecule has 2 N–H and O–H groups in total. The van der Waals surface area contributed by atoms with Gasteiger partial charge in [-0.15, -0.1) is 0 Å². The first-order valence-corrected chi connectivity index (χ1v) is 7.95. The number of aryl methyl sites for hydroxylation is 1. The molecule has 0 saturated carbocycles. The van der Waals surface area contributed by atoms with E-state index in [-0.39, 0.29) is 18.4 Å². The summed E-state index contributed by atoms with van der Waals surface area (Å²) in [7, 11) is 0. The molecule has 2 rings (SSSR count). The lowest BCUT2D eigenvalue weighted by molar-refractivity contribution is -0.120. The molecule has 2 amide bonds. The van der Waals surface area contributed by atoms with Gasteiger partial charge in [-0.1, -0.05) is 54.1 Å². The first kappa shape index (κ1) is 18.1.